The van der Waals surface area contributed by atoms with Crippen LogP contribution in [0.5, 0.6) is 11.5 Å². The summed E-state index contributed by atoms with van der Waals surface area (Å²) >= 11 is 1.40. The summed E-state index contributed by atoms with van der Waals surface area (Å²) < 4.78 is 12.6. The van der Waals surface area contributed by atoms with Gasteiger partial charge in [0.2, 0.25) is 0 Å². The first-order valence-electron chi connectivity index (χ1n) is 10.0. The molecule has 8 heteroatoms. The molecule has 0 bridgehead atoms. The summed E-state index contributed by atoms with van der Waals surface area (Å²) in [5.41, 5.74) is 3.75. The molecule has 32 heavy (non-hydrogen) atoms. The van der Waals surface area contributed by atoms with Gasteiger partial charge in [0, 0.05) is 11.1 Å². The van der Waals surface area contributed by atoms with Crippen LogP contribution in [0.25, 0.3) is 21.5 Å². The molecule has 0 aliphatic rings. The van der Waals surface area contributed by atoms with E-state index in [4.69, 9.17) is 9.47 Å². The van der Waals surface area contributed by atoms with Crippen LogP contribution in [0.15, 0.2) is 41.2 Å². The van der Waals surface area contributed by atoms with Gasteiger partial charge in [0.15, 0.2) is 22.8 Å². The number of ether oxygens (including phenoxy) is 2. The number of ketones is 1. The van der Waals surface area contributed by atoms with Crippen molar-refractivity contribution < 1.29 is 14.3 Å². The second-order valence-electron chi connectivity index (χ2n) is 7.53. The van der Waals surface area contributed by atoms with E-state index >= 15 is 0 Å². The van der Waals surface area contributed by atoms with Crippen LogP contribution in [0.3, 0.4) is 0 Å². The SMILES string of the molecule is COc1ccc(-c2nn(CC(=O)c3ccc(C)cc3C)c(=O)c3nc(C)sc23)cc1OC. The zero-order valence-corrected chi connectivity index (χ0v) is 19.4. The van der Waals surface area contributed by atoms with Crippen molar-refractivity contribution in [2.24, 2.45) is 0 Å². The monoisotopic (exact) mass is 449 g/mol. The molecule has 0 spiro atoms. The van der Waals surface area contributed by atoms with Crippen molar-refractivity contribution in [3.8, 4) is 22.8 Å². The fourth-order valence-corrected chi connectivity index (χ4v) is 4.61. The summed E-state index contributed by atoms with van der Waals surface area (Å²) in [6, 6.07) is 11.1. The minimum atomic E-state index is -0.383. The quantitative estimate of drug-likeness (QED) is 0.407. The summed E-state index contributed by atoms with van der Waals surface area (Å²) in [5, 5.41) is 5.33. The minimum Gasteiger partial charge on any atom is -0.493 e. The van der Waals surface area contributed by atoms with Gasteiger partial charge in [-0.05, 0) is 44.5 Å². The van der Waals surface area contributed by atoms with Gasteiger partial charge in [-0.15, -0.1) is 11.3 Å². The molecule has 0 saturated heterocycles. The van der Waals surface area contributed by atoms with Crippen molar-refractivity contribution in [2.45, 2.75) is 27.3 Å². The molecule has 0 atom stereocenters. The molecule has 0 radical (unpaired) electrons. The second-order valence-corrected chi connectivity index (χ2v) is 8.74. The Morgan fingerprint density at radius 2 is 1.78 bits per heavy atom. The molecule has 0 aliphatic heterocycles. The Morgan fingerprint density at radius 1 is 1.03 bits per heavy atom. The fourth-order valence-electron chi connectivity index (χ4n) is 3.69. The Kier molecular flexibility index (Phi) is 5.80. The van der Waals surface area contributed by atoms with Crippen molar-refractivity contribution in [1.29, 1.82) is 0 Å². The number of carbonyl (C=O) groups excluding carboxylic acids is 1. The van der Waals surface area contributed by atoms with Crippen molar-refractivity contribution >= 4 is 27.3 Å². The normalized spacial score (nSPS) is 11.0. The predicted molar refractivity (Wildman–Crippen MR) is 125 cm³/mol. The number of hydrogen-bond acceptors (Lipinski definition) is 7. The van der Waals surface area contributed by atoms with E-state index in [2.05, 4.69) is 10.1 Å². The van der Waals surface area contributed by atoms with Crippen LogP contribution >= 0.6 is 11.3 Å². The smallest absolute Gasteiger partial charge is 0.294 e. The van der Waals surface area contributed by atoms with Crippen LogP contribution in [-0.4, -0.2) is 34.8 Å². The van der Waals surface area contributed by atoms with Gasteiger partial charge in [-0.2, -0.15) is 5.10 Å². The number of aryl methyl sites for hydroxylation is 3. The number of Topliss-reactive ketones (excluding diaryl/α,β-unsaturated/α-hetero) is 1. The minimum absolute atomic E-state index is 0.171. The van der Waals surface area contributed by atoms with Gasteiger partial charge < -0.3 is 9.47 Å². The fraction of sp³-hybridized carbons (Fsp3) is 0.250. The number of thiazole rings is 1. The number of carbonyl (C=O) groups is 1. The standard InChI is InChI=1S/C24H23N3O4S/c1-13-6-8-17(14(2)10-13)18(28)12-27-24(29)22-23(32-15(3)25-22)21(26-27)16-7-9-19(30-4)20(11-16)31-5/h6-11H,12H2,1-5H3. The molecule has 164 valence electrons. The molecule has 0 saturated carbocycles. The molecule has 2 aromatic carbocycles. The highest BCUT2D eigenvalue weighted by molar-refractivity contribution is 7.19. The molecule has 0 aliphatic carbocycles. The zero-order valence-electron chi connectivity index (χ0n) is 18.6. The van der Waals surface area contributed by atoms with Crippen molar-refractivity contribution in [3.05, 3.63) is 68.4 Å². The lowest BCUT2D eigenvalue weighted by molar-refractivity contribution is 0.0965. The van der Waals surface area contributed by atoms with Gasteiger partial charge in [-0.1, -0.05) is 23.8 Å². The van der Waals surface area contributed by atoms with Crippen molar-refractivity contribution in [2.75, 3.05) is 14.2 Å². The first-order chi connectivity index (χ1) is 15.3. The lowest BCUT2D eigenvalue weighted by atomic mass is 10.0. The van der Waals surface area contributed by atoms with E-state index in [0.29, 0.717) is 33.0 Å². The molecule has 7 nitrogen and oxygen atoms in total. The second kappa shape index (κ2) is 8.55. The molecule has 0 N–H and O–H groups in total. The van der Waals surface area contributed by atoms with Gasteiger partial charge in [0.25, 0.3) is 5.56 Å². The highest BCUT2D eigenvalue weighted by Gasteiger charge is 2.20. The van der Waals surface area contributed by atoms with Gasteiger partial charge >= 0.3 is 0 Å². The molecular weight excluding hydrogens is 426 g/mol. The van der Waals surface area contributed by atoms with E-state index in [1.165, 1.54) is 16.0 Å². The molecular formula is C24H23N3O4S. The lowest BCUT2D eigenvalue weighted by Crippen LogP contribution is -2.27. The van der Waals surface area contributed by atoms with Gasteiger partial charge in [0.1, 0.15) is 12.2 Å². The Labute approximate surface area is 189 Å². The Bertz CT molecular complexity index is 1400. The number of hydrogen-bond donors (Lipinski definition) is 0. The molecule has 2 heterocycles. The number of fused-ring (bicyclic) bond motifs is 1. The number of benzene rings is 2. The highest BCUT2D eigenvalue weighted by atomic mass is 32.1. The van der Waals surface area contributed by atoms with Crippen LogP contribution in [0.1, 0.15) is 26.5 Å². The summed E-state index contributed by atoms with van der Waals surface area (Å²) in [7, 11) is 3.13. The lowest BCUT2D eigenvalue weighted by Gasteiger charge is -2.12. The summed E-state index contributed by atoms with van der Waals surface area (Å²) in [4.78, 5) is 30.5. The van der Waals surface area contributed by atoms with Crippen LogP contribution < -0.4 is 15.0 Å². The third kappa shape index (κ3) is 3.89. The number of methoxy groups -OCH3 is 2. The molecule has 0 unspecified atom stereocenters. The third-order valence-corrected chi connectivity index (χ3v) is 6.22. The number of nitrogens with zero attached hydrogens (tertiary/aromatic N) is 3. The molecule has 4 rings (SSSR count). The molecule has 0 amide bonds. The predicted octanol–water partition coefficient (Wildman–Crippen LogP) is 4.35. The van der Waals surface area contributed by atoms with Crippen LogP contribution in [0.2, 0.25) is 0 Å². The first kappa shape index (κ1) is 21.7. The average Bonchev–Trinajstić information content (AvgIpc) is 3.17. The van der Waals surface area contributed by atoms with Gasteiger partial charge in [0.05, 0.1) is 23.9 Å². The summed E-state index contributed by atoms with van der Waals surface area (Å²) in [6.07, 6.45) is 0. The molecule has 0 fully saturated rings. The molecule has 4 aromatic rings. The summed E-state index contributed by atoms with van der Waals surface area (Å²) in [5.74, 6) is 0.957. The highest BCUT2D eigenvalue weighted by Crippen LogP contribution is 2.35. The average molecular weight is 450 g/mol. The Balaban J connectivity index is 1.85. The zero-order chi connectivity index (χ0) is 23.0. The van der Waals surface area contributed by atoms with E-state index in [0.717, 1.165) is 21.7 Å². The van der Waals surface area contributed by atoms with Crippen LogP contribution in [0.4, 0.5) is 0 Å². The molecule has 2 aromatic heterocycles. The maximum atomic E-state index is 13.1. The number of rotatable bonds is 6. The van der Waals surface area contributed by atoms with E-state index < -0.39 is 0 Å². The van der Waals surface area contributed by atoms with Crippen LogP contribution in [0, 0.1) is 20.8 Å². The Morgan fingerprint density at radius 3 is 2.47 bits per heavy atom. The number of aromatic nitrogens is 3. The van der Waals surface area contributed by atoms with Crippen LogP contribution in [-0.2, 0) is 6.54 Å². The largest absolute Gasteiger partial charge is 0.493 e. The first-order valence-corrected chi connectivity index (χ1v) is 10.8. The topological polar surface area (TPSA) is 83.3 Å². The van der Waals surface area contributed by atoms with E-state index in [1.54, 1.807) is 32.4 Å². The van der Waals surface area contributed by atoms with Crippen molar-refractivity contribution in [3.63, 3.8) is 0 Å². The van der Waals surface area contributed by atoms with Gasteiger partial charge in [-0.3, -0.25) is 9.59 Å². The maximum Gasteiger partial charge on any atom is 0.294 e. The van der Waals surface area contributed by atoms with E-state index in [1.807, 2.05) is 39.0 Å². The third-order valence-electron chi connectivity index (χ3n) is 5.24. The van der Waals surface area contributed by atoms with Crippen molar-refractivity contribution in [1.82, 2.24) is 14.8 Å². The maximum absolute atomic E-state index is 13.1. The Hall–Kier alpha value is -3.52. The van der Waals surface area contributed by atoms with Gasteiger partial charge in [-0.25, -0.2) is 9.67 Å². The summed E-state index contributed by atoms with van der Waals surface area (Å²) in [6.45, 7) is 5.53. The van der Waals surface area contributed by atoms with E-state index in [9.17, 15) is 9.59 Å². The van der Waals surface area contributed by atoms with E-state index in [-0.39, 0.29) is 17.9 Å².